The van der Waals surface area contributed by atoms with Crippen molar-refractivity contribution in [3.63, 3.8) is 0 Å². The van der Waals surface area contributed by atoms with Crippen molar-refractivity contribution in [3.8, 4) is 5.69 Å². The van der Waals surface area contributed by atoms with Crippen LogP contribution in [0.5, 0.6) is 0 Å². The molecule has 0 bridgehead atoms. The maximum absolute atomic E-state index is 12.6. The van der Waals surface area contributed by atoms with Crippen LogP contribution in [0.4, 0.5) is 0 Å². The van der Waals surface area contributed by atoms with Crippen LogP contribution in [0, 0.1) is 0 Å². The molecule has 0 saturated heterocycles. The Labute approximate surface area is 152 Å². The Balaban J connectivity index is 1.69. The summed E-state index contributed by atoms with van der Waals surface area (Å²) in [5, 5.41) is 11.0. The number of carbonyl (C=O) groups excluding carboxylic acids is 2. The normalized spacial score (nSPS) is 16.1. The number of aromatic nitrogens is 4. The molecular formula is C18H23N5O3. The van der Waals surface area contributed by atoms with Crippen LogP contribution in [0.1, 0.15) is 49.4 Å². The zero-order chi connectivity index (χ0) is 18.5. The van der Waals surface area contributed by atoms with Gasteiger partial charge in [0.2, 0.25) is 0 Å². The van der Waals surface area contributed by atoms with E-state index in [9.17, 15) is 9.59 Å². The Morgan fingerprint density at radius 3 is 2.65 bits per heavy atom. The second kappa shape index (κ2) is 8.07. The summed E-state index contributed by atoms with van der Waals surface area (Å²) in [5.74, 6) is -0.751. The summed E-state index contributed by atoms with van der Waals surface area (Å²) < 4.78 is 6.82. The number of esters is 1. The van der Waals surface area contributed by atoms with Gasteiger partial charge >= 0.3 is 5.97 Å². The van der Waals surface area contributed by atoms with Crippen molar-refractivity contribution in [1.29, 1.82) is 0 Å². The summed E-state index contributed by atoms with van der Waals surface area (Å²) in [5.41, 5.74) is 0.808. The van der Waals surface area contributed by atoms with Crippen LogP contribution in [0.15, 0.2) is 30.6 Å². The number of likely N-dealkylation sites (N-methyl/N-ethyl adjacent to an activating group) is 1. The third-order valence-corrected chi connectivity index (χ3v) is 4.82. The van der Waals surface area contributed by atoms with E-state index in [1.165, 1.54) is 17.4 Å². The van der Waals surface area contributed by atoms with Crippen LogP contribution >= 0.6 is 0 Å². The highest BCUT2D eigenvalue weighted by atomic mass is 16.5. The summed E-state index contributed by atoms with van der Waals surface area (Å²) in [7, 11) is 1.79. The van der Waals surface area contributed by atoms with Crippen LogP contribution in [-0.4, -0.2) is 56.2 Å². The quantitative estimate of drug-likeness (QED) is 0.760. The predicted molar refractivity (Wildman–Crippen MR) is 93.7 cm³/mol. The summed E-state index contributed by atoms with van der Waals surface area (Å²) in [6.07, 6.45) is 6.05. The van der Waals surface area contributed by atoms with Gasteiger partial charge in [0, 0.05) is 13.1 Å². The number of para-hydroxylation sites is 1. The Morgan fingerprint density at radius 1 is 1.23 bits per heavy atom. The lowest BCUT2D eigenvalue weighted by molar-refractivity contribution is -0.141. The van der Waals surface area contributed by atoms with Crippen molar-refractivity contribution < 1.29 is 14.3 Å². The first-order chi connectivity index (χ1) is 12.6. The summed E-state index contributed by atoms with van der Waals surface area (Å²) in [6, 6.07) is 7.07. The largest absolute Gasteiger partial charge is 0.449 e. The Morgan fingerprint density at radius 2 is 1.96 bits per heavy atom. The van der Waals surface area contributed by atoms with Crippen molar-refractivity contribution >= 4 is 11.9 Å². The zero-order valence-electron chi connectivity index (χ0n) is 15.0. The van der Waals surface area contributed by atoms with E-state index in [0.717, 1.165) is 25.7 Å². The third-order valence-electron chi connectivity index (χ3n) is 4.82. The Kier molecular flexibility index (Phi) is 5.60. The lowest BCUT2D eigenvalue weighted by atomic mass is 9.94. The van der Waals surface area contributed by atoms with Crippen LogP contribution < -0.4 is 0 Å². The first-order valence-electron chi connectivity index (χ1n) is 8.88. The molecular weight excluding hydrogens is 334 g/mol. The van der Waals surface area contributed by atoms with Crippen molar-refractivity contribution in [2.45, 2.75) is 51.2 Å². The molecule has 1 aliphatic rings. The van der Waals surface area contributed by atoms with Gasteiger partial charge in [0.1, 0.15) is 6.33 Å². The molecule has 1 atom stereocenters. The molecule has 138 valence electrons. The van der Waals surface area contributed by atoms with E-state index in [1.807, 2.05) is 0 Å². The van der Waals surface area contributed by atoms with Gasteiger partial charge in [0.25, 0.3) is 5.91 Å². The van der Waals surface area contributed by atoms with Gasteiger partial charge in [-0.15, -0.1) is 5.10 Å². The molecule has 0 unspecified atom stereocenters. The molecule has 1 amide bonds. The van der Waals surface area contributed by atoms with Gasteiger partial charge in [-0.1, -0.05) is 31.4 Å². The molecule has 1 heterocycles. The molecule has 8 nitrogen and oxygen atoms in total. The van der Waals surface area contributed by atoms with Crippen molar-refractivity contribution in [2.24, 2.45) is 0 Å². The average molecular weight is 357 g/mol. The highest BCUT2D eigenvalue weighted by Gasteiger charge is 2.28. The number of tetrazole rings is 1. The summed E-state index contributed by atoms with van der Waals surface area (Å²) >= 11 is 0. The molecule has 1 saturated carbocycles. The zero-order valence-corrected chi connectivity index (χ0v) is 15.0. The number of nitrogens with zero attached hydrogens (tertiary/aromatic N) is 5. The van der Waals surface area contributed by atoms with Gasteiger partial charge in [-0.3, -0.25) is 4.79 Å². The molecule has 8 heteroatoms. The smallest absolute Gasteiger partial charge is 0.341 e. The second-order valence-electron chi connectivity index (χ2n) is 6.56. The highest BCUT2D eigenvalue weighted by Crippen LogP contribution is 2.22. The van der Waals surface area contributed by atoms with Gasteiger partial charge in [0.15, 0.2) is 6.10 Å². The van der Waals surface area contributed by atoms with E-state index in [2.05, 4.69) is 15.5 Å². The number of benzene rings is 1. The van der Waals surface area contributed by atoms with Gasteiger partial charge in [0.05, 0.1) is 11.3 Å². The standard InChI is InChI=1S/C18H23N5O3/c1-13(17(24)22(2)14-8-4-3-5-9-14)26-18(25)15-10-6-7-11-16(15)23-12-19-20-21-23/h6-7,10-14H,3-5,8-9H2,1-2H3/t13-/m1/s1. The van der Waals surface area contributed by atoms with Gasteiger partial charge in [-0.05, 0) is 42.3 Å². The lowest BCUT2D eigenvalue weighted by Gasteiger charge is -2.32. The summed E-state index contributed by atoms with van der Waals surface area (Å²) in [4.78, 5) is 27.0. The molecule has 3 rings (SSSR count). The molecule has 2 aromatic rings. The summed E-state index contributed by atoms with van der Waals surface area (Å²) in [6.45, 7) is 1.61. The minimum atomic E-state index is -0.851. The van der Waals surface area contributed by atoms with Gasteiger partial charge in [-0.2, -0.15) is 4.68 Å². The first-order valence-corrected chi connectivity index (χ1v) is 8.88. The van der Waals surface area contributed by atoms with Gasteiger partial charge < -0.3 is 9.64 Å². The minimum absolute atomic E-state index is 0.176. The number of carbonyl (C=O) groups is 2. The number of rotatable bonds is 5. The van der Waals surface area contributed by atoms with Crippen LogP contribution in [-0.2, 0) is 9.53 Å². The lowest BCUT2D eigenvalue weighted by Crippen LogP contribution is -2.44. The van der Waals surface area contributed by atoms with E-state index >= 15 is 0 Å². The van der Waals surface area contributed by atoms with E-state index in [1.54, 1.807) is 43.1 Å². The minimum Gasteiger partial charge on any atom is -0.449 e. The fourth-order valence-corrected chi connectivity index (χ4v) is 3.33. The molecule has 26 heavy (non-hydrogen) atoms. The molecule has 0 aliphatic heterocycles. The van der Waals surface area contributed by atoms with Crippen molar-refractivity contribution in [1.82, 2.24) is 25.1 Å². The number of hydrogen-bond acceptors (Lipinski definition) is 6. The topological polar surface area (TPSA) is 90.2 Å². The molecule has 0 radical (unpaired) electrons. The maximum Gasteiger partial charge on any atom is 0.341 e. The fourth-order valence-electron chi connectivity index (χ4n) is 3.33. The van der Waals surface area contributed by atoms with Crippen LogP contribution in [0.25, 0.3) is 5.69 Å². The fraction of sp³-hybridized carbons (Fsp3) is 0.500. The Hall–Kier alpha value is -2.77. The molecule has 1 fully saturated rings. The highest BCUT2D eigenvalue weighted by molar-refractivity contribution is 5.95. The molecule has 0 N–H and O–H groups in total. The van der Waals surface area contributed by atoms with E-state index in [-0.39, 0.29) is 11.9 Å². The SMILES string of the molecule is C[C@@H](OC(=O)c1ccccc1-n1cnnn1)C(=O)N(C)C1CCCCC1. The molecule has 1 aliphatic carbocycles. The van der Waals surface area contributed by atoms with Crippen molar-refractivity contribution in [3.05, 3.63) is 36.2 Å². The second-order valence-corrected chi connectivity index (χ2v) is 6.56. The first kappa shape index (κ1) is 18.0. The van der Waals surface area contributed by atoms with Gasteiger partial charge in [-0.25, -0.2) is 4.79 Å². The molecule has 1 aromatic carbocycles. The van der Waals surface area contributed by atoms with E-state index in [0.29, 0.717) is 11.3 Å². The third kappa shape index (κ3) is 3.89. The van der Waals surface area contributed by atoms with Crippen LogP contribution in [0.3, 0.4) is 0 Å². The predicted octanol–water partition coefficient (Wildman–Crippen LogP) is 2.00. The average Bonchev–Trinajstić information content (AvgIpc) is 3.22. The van der Waals surface area contributed by atoms with E-state index < -0.39 is 12.1 Å². The van der Waals surface area contributed by atoms with Crippen LogP contribution in [0.2, 0.25) is 0 Å². The Bertz CT molecular complexity index is 756. The molecule has 1 aromatic heterocycles. The maximum atomic E-state index is 12.6. The van der Waals surface area contributed by atoms with E-state index in [4.69, 9.17) is 4.74 Å². The number of hydrogen-bond donors (Lipinski definition) is 0. The number of amides is 1. The van der Waals surface area contributed by atoms with Crippen molar-refractivity contribution in [2.75, 3.05) is 7.05 Å². The monoisotopic (exact) mass is 357 g/mol. The molecule has 0 spiro atoms. The number of ether oxygens (including phenoxy) is 1.